The maximum Gasteiger partial charge on any atom is 0.343 e. The molecule has 1 aromatic rings. The number of carbonyl (C=O) groups excluding carboxylic acids is 2. The standard InChI is InChI=1S/C25H36N4O3/c1-27(17-18-28-13-5-6-14-28)23(30)19-7-10-25(11-8-19)20-9-12-26-22(21(20)24(31)32-25)29-15-3-2-4-16-29/h9,12,19H,2-8,10-11,13-18H2,1H3/t19-,25-. The minimum Gasteiger partial charge on any atom is -0.450 e. The van der Waals surface area contributed by atoms with E-state index in [0.29, 0.717) is 18.4 Å². The monoisotopic (exact) mass is 440 g/mol. The summed E-state index contributed by atoms with van der Waals surface area (Å²) >= 11 is 0. The molecule has 32 heavy (non-hydrogen) atoms. The number of likely N-dealkylation sites (tertiary alicyclic amines) is 1. The Morgan fingerprint density at radius 3 is 2.53 bits per heavy atom. The van der Waals surface area contributed by atoms with Crippen LogP contribution in [-0.4, -0.2) is 73.0 Å². The molecule has 2 saturated heterocycles. The minimum absolute atomic E-state index is 0.0235. The third kappa shape index (κ3) is 4.00. The lowest BCUT2D eigenvalue weighted by molar-refractivity contribution is -0.137. The van der Waals surface area contributed by atoms with Gasteiger partial charge in [-0.1, -0.05) is 0 Å². The highest BCUT2D eigenvalue weighted by Gasteiger charge is 2.50. The summed E-state index contributed by atoms with van der Waals surface area (Å²) in [6, 6.07) is 1.97. The van der Waals surface area contributed by atoms with E-state index < -0.39 is 5.60 Å². The fraction of sp³-hybridized carbons (Fsp3) is 0.720. The van der Waals surface area contributed by atoms with Crippen molar-refractivity contribution in [3.8, 4) is 0 Å². The molecule has 0 unspecified atom stereocenters. The van der Waals surface area contributed by atoms with E-state index >= 15 is 0 Å². The van der Waals surface area contributed by atoms with Gasteiger partial charge in [0.15, 0.2) is 0 Å². The van der Waals surface area contributed by atoms with Gasteiger partial charge in [0.1, 0.15) is 17.0 Å². The molecule has 1 aromatic heterocycles. The molecule has 0 atom stereocenters. The van der Waals surface area contributed by atoms with E-state index in [0.717, 1.165) is 76.3 Å². The molecule has 1 spiro atoms. The molecule has 1 aliphatic carbocycles. The number of nitrogens with zero attached hydrogens (tertiary/aromatic N) is 4. The summed E-state index contributed by atoms with van der Waals surface area (Å²) in [5.41, 5.74) is 1.08. The molecule has 0 bridgehead atoms. The van der Waals surface area contributed by atoms with Crippen LogP contribution in [0.1, 0.15) is 73.7 Å². The van der Waals surface area contributed by atoms with Gasteiger partial charge in [-0.3, -0.25) is 4.79 Å². The van der Waals surface area contributed by atoms with Crippen molar-refractivity contribution in [3.05, 3.63) is 23.4 Å². The van der Waals surface area contributed by atoms with Crippen LogP contribution in [0.5, 0.6) is 0 Å². The van der Waals surface area contributed by atoms with Gasteiger partial charge in [0.25, 0.3) is 0 Å². The van der Waals surface area contributed by atoms with Crippen LogP contribution >= 0.6 is 0 Å². The molecular formula is C25H36N4O3. The Balaban J connectivity index is 1.25. The number of rotatable bonds is 5. The van der Waals surface area contributed by atoms with E-state index in [1.807, 2.05) is 24.2 Å². The number of amides is 1. The first-order valence-electron chi connectivity index (χ1n) is 12.5. The third-order valence-corrected chi connectivity index (χ3v) is 8.04. The molecule has 0 aromatic carbocycles. The van der Waals surface area contributed by atoms with Crippen LogP contribution < -0.4 is 4.90 Å². The Morgan fingerprint density at radius 2 is 1.81 bits per heavy atom. The summed E-state index contributed by atoms with van der Waals surface area (Å²) in [4.78, 5) is 37.2. The van der Waals surface area contributed by atoms with Crippen LogP contribution in [0.25, 0.3) is 0 Å². The smallest absolute Gasteiger partial charge is 0.343 e. The molecule has 1 saturated carbocycles. The zero-order valence-corrected chi connectivity index (χ0v) is 19.4. The van der Waals surface area contributed by atoms with Crippen molar-refractivity contribution in [1.82, 2.24) is 14.8 Å². The normalized spacial score (nSPS) is 28.1. The van der Waals surface area contributed by atoms with Gasteiger partial charge in [0, 0.05) is 50.9 Å². The summed E-state index contributed by atoms with van der Waals surface area (Å²) in [5, 5.41) is 0. The van der Waals surface area contributed by atoms with Gasteiger partial charge in [0.2, 0.25) is 5.91 Å². The van der Waals surface area contributed by atoms with E-state index in [1.165, 1.54) is 19.3 Å². The number of aromatic nitrogens is 1. The summed E-state index contributed by atoms with van der Waals surface area (Å²) < 4.78 is 6.06. The zero-order valence-electron chi connectivity index (χ0n) is 19.4. The van der Waals surface area contributed by atoms with Gasteiger partial charge in [-0.25, -0.2) is 9.78 Å². The molecule has 174 valence electrons. The molecule has 0 radical (unpaired) electrons. The van der Waals surface area contributed by atoms with E-state index in [1.54, 1.807) is 0 Å². The molecular weight excluding hydrogens is 404 g/mol. The Morgan fingerprint density at radius 1 is 1.12 bits per heavy atom. The number of ether oxygens (including phenoxy) is 1. The largest absolute Gasteiger partial charge is 0.450 e. The molecule has 7 heteroatoms. The lowest BCUT2D eigenvalue weighted by Crippen LogP contribution is -2.41. The van der Waals surface area contributed by atoms with Crippen LogP contribution in [0.4, 0.5) is 5.82 Å². The van der Waals surface area contributed by atoms with E-state index in [2.05, 4.69) is 14.8 Å². The number of fused-ring (bicyclic) bond motifs is 2. The predicted octanol–water partition coefficient (Wildman–Crippen LogP) is 3.18. The van der Waals surface area contributed by atoms with Crippen LogP contribution in [0, 0.1) is 5.92 Å². The number of piperidine rings is 1. The van der Waals surface area contributed by atoms with Crippen LogP contribution in [0.3, 0.4) is 0 Å². The molecule has 4 aliphatic rings. The van der Waals surface area contributed by atoms with E-state index in [9.17, 15) is 9.59 Å². The second-order valence-electron chi connectivity index (χ2n) is 10.1. The number of esters is 1. The highest BCUT2D eigenvalue weighted by atomic mass is 16.6. The molecule has 4 heterocycles. The Bertz CT molecular complexity index is 853. The average molecular weight is 441 g/mol. The van der Waals surface area contributed by atoms with Gasteiger partial charge in [0.05, 0.1) is 0 Å². The van der Waals surface area contributed by atoms with Crippen molar-refractivity contribution in [1.29, 1.82) is 0 Å². The molecule has 5 rings (SSSR count). The van der Waals surface area contributed by atoms with Crippen LogP contribution in [-0.2, 0) is 15.1 Å². The van der Waals surface area contributed by atoms with Crippen molar-refractivity contribution in [3.63, 3.8) is 0 Å². The van der Waals surface area contributed by atoms with Crippen molar-refractivity contribution in [2.75, 3.05) is 51.2 Å². The quantitative estimate of drug-likeness (QED) is 0.655. The van der Waals surface area contributed by atoms with Crippen molar-refractivity contribution >= 4 is 17.7 Å². The maximum absolute atomic E-state index is 13.1. The number of anilines is 1. The first kappa shape index (κ1) is 21.7. The van der Waals surface area contributed by atoms with Gasteiger partial charge in [-0.2, -0.15) is 0 Å². The fourth-order valence-corrected chi connectivity index (χ4v) is 6.08. The van der Waals surface area contributed by atoms with Gasteiger partial charge in [-0.05, 0) is 76.9 Å². The topological polar surface area (TPSA) is 66.0 Å². The minimum atomic E-state index is -0.579. The average Bonchev–Trinajstić information content (AvgIpc) is 3.45. The Labute approximate surface area is 191 Å². The Kier molecular flexibility index (Phi) is 6.10. The number of pyridine rings is 1. The van der Waals surface area contributed by atoms with Gasteiger partial charge in [-0.15, -0.1) is 0 Å². The fourth-order valence-electron chi connectivity index (χ4n) is 6.08. The number of hydrogen-bond acceptors (Lipinski definition) is 6. The maximum atomic E-state index is 13.1. The molecule has 3 aliphatic heterocycles. The second-order valence-corrected chi connectivity index (χ2v) is 10.1. The summed E-state index contributed by atoms with van der Waals surface area (Å²) in [6.07, 6.45) is 10.9. The summed E-state index contributed by atoms with van der Waals surface area (Å²) in [6.45, 7) is 5.98. The highest BCUT2D eigenvalue weighted by molar-refractivity contribution is 5.99. The zero-order chi connectivity index (χ0) is 22.1. The Hall–Kier alpha value is -2.15. The van der Waals surface area contributed by atoms with Crippen LogP contribution in [0.15, 0.2) is 12.3 Å². The first-order chi connectivity index (χ1) is 15.6. The lowest BCUT2D eigenvalue weighted by Gasteiger charge is -2.37. The van der Waals surface area contributed by atoms with Crippen molar-refractivity contribution in [2.45, 2.75) is 63.4 Å². The first-order valence-corrected chi connectivity index (χ1v) is 12.5. The van der Waals surface area contributed by atoms with E-state index in [-0.39, 0.29) is 17.8 Å². The molecule has 1 amide bonds. The molecule has 0 N–H and O–H groups in total. The second kappa shape index (κ2) is 9.00. The summed E-state index contributed by atoms with van der Waals surface area (Å²) in [7, 11) is 1.93. The van der Waals surface area contributed by atoms with Gasteiger partial charge < -0.3 is 19.4 Å². The van der Waals surface area contributed by atoms with Crippen molar-refractivity contribution < 1.29 is 14.3 Å². The molecule has 7 nitrogen and oxygen atoms in total. The molecule has 3 fully saturated rings. The van der Waals surface area contributed by atoms with Crippen LogP contribution in [0.2, 0.25) is 0 Å². The summed E-state index contributed by atoms with van der Waals surface area (Å²) in [5.74, 6) is 0.827. The number of likely N-dealkylation sites (N-methyl/N-ethyl adjacent to an activating group) is 1. The SMILES string of the molecule is CN(CCN1CCCC1)C(=O)[C@H]1CC[C@@]2(CC1)OC(=O)c1c(N3CCCCC3)nccc12. The number of hydrogen-bond donors (Lipinski definition) is 0. The lowest BCUT2D eigenvalue weighted by atomic mass is 9.74. The highest BCUT2D eigenvalue weighted by Crippen LogP contribution is 2.50. The number of carbonyl (C=O) groups is 2. The van der Waals surface area contributed by atoms with Crippen molar-refractivity contribution in [2.24, 2.45) is 5.92 Å². The third-order valence-electron chi connectivity index (χ3n) is 8.04. The predicted molar refractivity (Wildman–Crippen MR) is 123 cm³/mol. The van der Waals surface area contributed by atoms with E-state index in [4.69, 9.17) is 4.74 Å². The van der Waals surface area contributed by atoms with Gasteiger partial charge >= 0.3 is 5.97 Å².